The molecule has 0 aliphatic carbocycles. The summed E-state index contributed by atoms with van der Waals surface area (Å²) >= 11 is 0. The molecular weight excluding hydrogens is 325 g/mol. The van der Waals surface area contributed by atoms with E-state index in [1.165, 1.54) is 26.2 Å². The molecule has 0 aliphatic rings. The second kappa shape index (κ2) is 6.21. The number of benzene rings is 1. The van der Waals surface area contributed by atoms with Gasteiger partial charge in [-0.15, -0.1) is 5.10 Å². The van der Waals surface area contributed by atoms with Crippen molar-refractivity contribution in [1.29, 1.82) is 0 Å². The molecule has 1 unspecified atom stereocenters. The van der Waals surface area contributed by atoms with Crippen LogP contribution in [0, 0.1) is 19.7 Å². The van der Waals surface area contributed by atoms with Gasteiger partial charge in [0.25, 0.3) is 5.91 Å². The van der Waals surface area contributed by atoms with Crippen molar-refractivity contribution >= 4 is 22.8 Å². The maximum absolute atomic E-state index is 14.2. The minimum absolute atomic E-state index is 0.141. The van der Waals surface area contributed by atoms with Crippen LogP contribution in [-0.2, 0) is 15.1 Å². The van der Waals surface area contributed by atoms with E-state index in [4.69, 9.17) is 4.74 Å². The molecule has 0 bridgehead atoms. The van der Waals surface area contributed by atoms with Gasteiger partial charge >= 0.3 is 0 Å². The molecule has 0 saturated carbocycles. The maximum Gasteiger partial charge on any atom is 0.262 e. The van der Waals surface area contributed by atoms with Crippen LogP contribution >= 0.6 is 0 Å². The molecule has 130 valence electrons. The molecule has 0 spiro atoms. The standard InChI is InChI=1S/C17H18FN5O2/c1-9-10(2)20-22-15-13(9)14(21-23-15)19-16(24)17(3,25-4)11-7-5-6-8-12(11)18/h5-8H,1-4H3,(H2,19,21,22,23,24). The number of carbonyl (C=O) groups is 1. The van der Waals surface area contributed by atoms with Crippen molar-refractivity contribution in [2.75, 3.05) is 12.4 Å². The van der Waals surface area contributed by atoms with Crippen LogP contribution in [-0.4, -0.2) is 33.4 Å². The van der Waals surface area contributed by atoms with Gasteiger partial charge < -0.3 is 10.1 Å². The van der Waals surface area contributed by atoms with Gasteiger partial charge in [-0.3, -0.25) is 9.89 Å². The maximum atomic E-state index is 14.2. The molecule has 0 fully saturated rings. The van der Waals surface area contributed by atoms with Crippen molar-refractivity contribution in [3.63, 3.8) is 0 Å². The molecule has 1 atom stereocenters. The van der Waals surface area contributed by atoms with Gasteiger partial charge in [-0.05, 0) is 32.4 Å². The summed E-state index contributed by atoms with van der Waals surface area (Å²) in [5.74, 6) is -0.760. The van der Waals surface area contributed by atoms with E-state index in [1.54, 1.807) is 12.1 Å². The topological polar surface area (TPSA) is 92.8 Å². The summed E-state index contributed by atoms with van der Waals surface area (Å²) in [5, 5.41) is 18.2. The van der Waals surface area contributed by atoms with E-state index < -0.39 is 17.3 Å². The molecule has 25 heavy (non-hydrogen) atoms. The smallest absolute Gasteiger partial charge is 0.262 e. The predicted molar refractivity (Wildman–Crippen MR) is 90.5 cm³/mol. The number of aryl methyl sites for hydroxylation is 2. The molecule has 2 N–H and O–H groups in total. The summed E-state index contributed by atoms with van der Waals surface area (Å²) in [6.45, 7) is 5.19. The van der Waals surface area contributed by atoms with Crippen LogP contribution in [0.4, 0.5) is 10.2 Å². The number of hydrogen-bond acceptors (Lipinski definition) is 5. The highest BCUT2D eigenvalue weighted by Crippen LogP contribution is 2.30. The minimum Gasteiger partial charge on any atom is -0.364 e. The Morgan fingerprint density at radius 1 is 1.28 bits per heavy atom. The molecular formula is C17H18FN5O2. The second-order valence-electron chi connectivity index (χ2n) is 5.88. The number of halogens is 1. The zero-order chi connectivity index (χ0) is 18.2. The average Bonchev–Trinajstić information content (AvgIpc) is 3.01. The van der Waals surface area contributed by atoms with E-state index in [9.17, 15) is 9.18 Å². The van der Waals surface area contributed by atoms with Gasteiger partial charge in [0, 0.05) is 12.7 Å². The van der Waals surface area contributed by atoms with Crippen LogP contribution in [0.3, 0.4) is 0 Å². The number of carbonyl (C=O) groups excluding carboxylic acids is 1. The number of rotatable bonds is 4. The fraction of sp³-hybridized carbons (Fsp3) is 0.294. The van der Waals surface area contributed by atoms with Crippen LogP contribution in [0.1, 0.15) is 23.7 Å². The van der Waals surface area contributed by atoms with E-state index in [0.717, 1.165) is 11.3 Å². The van der Waals surface area contributed by atoms with Crippen molar-refractivity contribution in [3.8, 4) is 0 Å². The van der Waals surface area contributed by atoms with Crippen LogP contribution in [0.15, 0.2) is 24.3 Å². The highest BCUT2D eigenvalue weighted by molar-refractivity contribution is 6.03. The van der Waals surface area contributed by atoms with Gasteiger partial charge in [0.15, 0.2) is 17.1 Å². The largest absolute Gasteiger partial charge is 0.364 e. The van der Waals surface area contributed by atoms with E-state index >= 15 is 0 Å². The Morgan fingerprint density at radius 2 is 2.00 bits per heavy atom. The number of hydrogen-bond donors (Lipinski definition) is 2. The predicted octanol–water partition coefficient (Wildman–Crippen LogP) is 2.61. The van der Waals surface area contributed by atoms with Crippen LogP contribution < -0.4 is 5.32 Å². The van der Waals surface area contributed by atoms with Gasteiger partial charge in [-0.1, -0.05) is 18.2 Å². The molecule has 3 rings (SSSR count). The molecule has 1 aromatic carbocycles. The van der Waals surface area contributed by atoms with Gasteiger partial charge in [-0.2, -0.15) is 10.2 Å². The summed E-state index contributed by atoms with van der Waals surface area (Å²) < 4.78 is 19.5. The Labute approximate surface area is 143 Å². The fourth-order valence-electron chi connectivity index (χ4n) is 2.63. The minimum atomic E-state index is -1.51. The van der Waals surface area contributed by atoms with Gasteiger partial charge in [0.1, 0.15) is 5.82 Å². The lowest BCUT2D eigenvalue weighted by molar-refractivity contribution is -0.137. The fourth-order valence-corrected chi connectivity index (χ4v) is 2.63. The highest BCUT2D eigenvalue weighted by atomic mass is 19.1. The molecule has 2 aromatic heterocycles. The number of ether oxygens (including phenoxy) is 1. The third-order valence-electron chi connectivity index (χ3n) is 4.43. The molecule has 0 aliphatic heterocycles. The molecule has 1 amide bonds. The van der Waals surface area contributed by atoms with Crippen LogP contribution in [0.2, 0.25) is 0 Å². The summed E-state index contributed by atoms with van der Waals surface area (Å²) in [6, 6.07) is 6.00. The van der Waals surface area contributed by atoms with E-state index in [-0.39, 0.29) is 5.56 Å². The molecule has 8 heteroatoms. The molecule has 0 radical (unpaired) electrons. The summed E-state index contributed by atoms with van der Waals surface area (Å²) in [5.41, 5.74) is 0.665. The number of fused-ring (bicyclic) bond motifs is 1. The number of amides is 1. The quantitative estimate of drug-likeness (QED) is 0.759. The number of aromatic nitrogens is 4. The van der Waals surface area contributed by atoms with Crippen molar-refractivity contribution in [2.24, 2.45) is 0 Å². The Bertz CT molecular complexity index is 955. The lowest BCUT2D eigenvalue weighted by Crippen LogP contribution is -2.40. The lowest BCUT2D eigenvalue weighted by atomic mass is 9.94. The summed E-state index contributed by atoms with van der Waals surface area (Å²) in [4.78, 5) is 12.9. The van der Waals surface area contributed by atoms with Crippen molar-refractivity contribution in [2.45, 2.75) is 26.4 Å². The number of aromatic amines is 1. The van der Waals surface area contributed by atoms with E-state index in [2.05, 4.69) is 25.7 Å². The summed E-state index contributed by atoms with van der Waals surface area (Å²) in [7, 11) is 1.36. The van der Waals surface area contributed by atoms with Crippen molar-refractivity contribution < 1.29 is 13.9 Å². The number of H-pyrrole nitrogens is 1. The van der Waals surface area contributed by atoms with Crippen molar-refractivity contribution in [3.05, 3.63) is 46.9 Å². The first-order chi connectivity index (χ1) is 11.9. The molecule has 0 saturated heterocycles. The number of anilines is 1. The average molecular weight is 343 g/mol. The number of methoxy groups -OCH3 is 1. The number of nitrogens with zero attached hydrogens (tertiary/aromatic N) is 3. The first kappa shape index (κ1) is 17.0. The SMILES string of the molecule is COC(C)(C(=O)Nc1n[nH]c2nnc(C)c(C)c12)c1ccccc1F. The first-order valence-electron chi connectivity index (χ1n) is 7.68. The highest BCUT2D eigenvalue weighted by Gasteiger charge is 2.38. The van der Waals surface area contributed by atoms with E-state index in [1.807, 2.05) is 13.8 Å². The van der Waals surface area contributed by atoms with Crippen molar-refractivity contribution in [1.82, 2.24) is 20.4 Å². The molecule has 2 heterocycles. The third-order valence-corrected chi connectivity index (χ3v) is 4.43. The second-order valence-corrected chi connectivity index (χ2v) is 5.88. The Morgan fingerprint density at radius 3 is 2.68 bits per heavy atom. The lowest BCUT2D eigenvalue weighted by Gasteiger charge is -2.27. The van der Waals surface area contributed by atoms with Gasteiger partial charge in [-0.25, -0.2) is 4.39 Å². The monoisotopic (exact) mass is 343 g/mol. The molecule has 7 nitrogen and oxygen atoms in total. The first-order valence-corrected chi connectivity index (χ1v) is 7.68. The Balaban J connectivity index is 2.02. The zero-order valence-electron chi connectivity index (χ0n) is 14.3. The Kier molecular flexibility index (Phi) is 4.22. The molecule has 3 aromatic rings. The van der Waals surface area contributed by atoms with Crippen LogP contribution in [0.25, 0.3) is 11.0 Å². The van der Waals surface area contributed by atoms with Gasteiger partial charge in [0.05, 0.1) is 11.1 Å². The van der Waals surface area contributed by atoms with Crippen LogP contribution in [0.5, 0.6) is 0 Å². The number of nitrogens with one attached hydrogen (secondary N) is 2. The van der Waals surface area contributed by atoms with Gasteiger partial charge in [0.2, 0.25) is 0 Å². The Hall–Kier alpha value is -2.87. The normalized spacial score (nSPS) is 13.6. The third kappa shape index (κ3) is 2.74. The summed E-state index contributed by atoms with van der Waals surface area (Å²) in [6.07, 6.45) is 0. The zero-order valence-corrected chi connectivity index (χ0v) is 14.3. The van der Waals surface area contributed by atoms with E-state index in [0.29, 0.717) is 16.9 Å².